The fourth-order valence-corrected chi connectivity index (χ4v) is 3.38. The maximum absolute atomic E-state index is 13.8. The van der Waals surface area contributed by atoms with Gasteiger partial charge in [-0.15, -0.1) is 0 Å². The van der Waals surface area contributed by atoms with Crippen molar-refractivity contribution in [3.05, 3.63) is 40.3 Å². The van der Waals surface area contributed by atoms with Gasteiger partial charge in [0.1, 0.15) is 6.54 Å². The summed E-state index contributed by atoms with van der Waals surface area (Å²) in [4.78, 5) is 16.6. The zero-order valence-electron chi connectivity index (χ0n) is 16.0. The van der Waals surface area contributed by atoms with E-state index in [1.807, 2.05) is 0 Å². The molecule has 0 bridgehead atoms. The van der Waals surface area contributed by atoms with Crippen molar-refractivity contribution in [2.24, 2.45) is 0 Å². The van der Waals surface area contributed by atoms with Crippen molar-refractivity contribution in [2.45, 2.75) is 37.8 Å². The van der Waals surface area contributed by atoms with E-state index < -0.39 is 47.2 Å². The molecule has 0 unspecified atom stereocenters. The first-order valence-corrected chi connectivity index (χ1v) is 8.97. The van der Waals surface area contributed by atoms with Gasteiger partial charge >= 0.3 is 18.3 Å². The highest BCUT2D eigenvalue weighted by Gasteiger charge is 2.57. The maximum atomic E-state index is 13.8. The van der Waals surface area contributed by atoms with E-state index in [2.05, 4.69) is 10.1 Å². The van der Waals surface area contributed by atoms with Crippen molar-refractivity contribution in [3.8, 4) is 11.1 Å². The number of nitrogens with zero attached hydrogens (tertiary/aromatic N) is 5. The molecule has 0 amide bonds. The summed E-state index contributed by atoms with van der Waals surface area (Å²) in [6, 6.07) is -0.328. The van der Waals surface area contributed by atoms with E-state index >= 15 is 0 Å². The molecule has 0 spiro atoms. The molecule has 32 heavy (non-hydrogen) atoms. The molecule has 1 aliphatic heterocycles. The Morgan fingerprint density at radius 3 is 2.28 bits per heavy atom. The molecule has 4 rings (SSSR count). The van der Waals surface area contributed by atoms with Crippen molar-refractivity contribution < 1.29 is 39.9 Å². The maximum Gasteiger partial charge on any atom is 0.455 e. The second kappa shape index (κ2) is 7.02. The van der Waals surface area contributed by atoms with Crippen LogP contribution in [0.1, 0.15) is 17.4 Å². The standard InChI is InChI=1S/C17H13F8N5O2/c1-8-3-29-13(31)11(9-2-26-28(4-9)7-15(18,19)17(23,24)25)12(16(20,21)22)27-14(29)30(8)10-5-32-6-10/h2-4,10H,5-7H2,1H3. The van der Waals surface area contributed by atoms with Crippen molar-refractivity contribution >= 4 is 5.78 Å². The molecule has 0 aromatic carbocycles. The van der Waals surface area contributed by atoms with Crippen LogP contribution < -0.4 is 5.56 Å². The number of ether oxygens (including phenoxy) is 1. The molecular weight excluding hydrogens is 458 g/mol. The van der Waals surface area contributed by atoms with Crippen LogP contribution in [0, 0.1) is 6.92 Å². The van der Waals surface area contributed by atoms with Crippen LogP contribution in [-0.4, -0.2) is 49.0 Å². The average molecular weight is 471 g/mol. The van der Waals surface area contributed by atoms with Gasteiger partial charge in [0.2, 0.25) is 5.78 Å². The third-order valence-electron chi connectivity index (χ3n) is 4.96. The summed E-state index contributed by atoms with van der Waals surface area (Å²) in [6.45, 7) is 0.0112. The van der Waals surface area contributed by atoms with Crippen LogP contribution >= 0.6 is 0 Å². The van der Waals surface area contributed by atoms with Crippen LogP contribution in [0.4, 0.5) is 35.1 Å². The third-order valence-corrected chi connectivity index (χ3v) is 4.96. The number of halogens is 8. The summed E-state index contributed by atoms with van der Waals surface area (Å²) in [6.07, 6.45) is -8.63. The highest BCUT2D eigenvalue weighted by molar-refractivity contribution is 5.66. The Hall–Kier alpha value is -2.97. The number of fused-ring (bicyclic) bond motifs is 1. The van der Waals surface area contributed by atoms with E-state index in [-0.39, 0.29) is 29.7 Å². The van der Waals surface area contributed by atoms with Gasteiger partial charge in [-0.3, -0.25) is 13.9 Å². The molecule has 7 nitrogen and oxygen atoms in total. The topological polar surface area (TPSA) is 66.4 Å². The van der Waals surface area contributed by atoms with Crippen LogP contribution in [0.3, 0.4) is 0 Å². The van der Waals surface area contributed by atoms with Gasteiger partial charge in [-0.05, 0) is 6.92 Å². The van der Waals surface area contributed by atoms with Crippen LogP contribution in [0.25, 0.3) is 16.9 Å². The minimum Gasteiger partial charge on any atom is -0.377 e. The molecule has 4 heterocycles. The van der Waals surface area contributed by atoms with Gasteiger partial charge in [0, 0.05) is 23.7 Å². The second-order valence-corrected chi connectivity index (χ2v) is 7.27. The lowest BCUT2D eigenvalue weighted by Gasteiger charge is -2.28. The van der Waals surface area contributed by atoms with E-state index in [0.717, 1.165) is 4.40 Å². The van der Waals surface area contributed by atoms with E-state index in [1.165, 1.54) is 10.8 Å². The van der Waals surface area contributed by atoms with Crippen molar-refractivity contribution in [1.29, 1.82) is 0 Å². The molecule has 3 aromatic rings. The van der Waals surface area contributed by atoms with E-state index in [4.69, 9.17) is 4.74 Å². The highest BCUT2D eigenvalue weighted by Crippen LogP contribution is 2.38. The second-order valence-electron chi connectivity index (χ2n) is 7.27. The van der Waals surface area contributed by atoms with Gasteiger partial charge in [-0.1, -0.05) is 0 Å². The molecule has 1 fully saturated rings. The average Bonchev–Trinajstić information content (AvgIpc) is 3.17. The Morgan fingerprint density at radius 1 is 1.09 bits per heavy atom. The summed E-state index contributed by atoms with van der Waals surface area (Å²) >= 11 is 0. The molecule has 1 saturated heterocycles. The third kappa shape index (κ3) is 3.53. The van der Waals surface area contributed by atoms with Gasteiger partial charge in [0.05, 0.1) is 31.0 Å². The van der Waals surface area contributed by atoms with E-state index in [9.17, 15) is 39.9 Å². The smallest absolute Gasteiger partial charge is 0.377 e. The molecule has 0 aliphatic carbocycles. The quantitative estimate of drug-likeness (QED) is 0.547. The minimum atomic E-state index is -5.89. The Balaban J connectivity index is 1.87. The number of aromatic nitrogens is 5. The van der Waals surface area contributed by atoms with Gasteiger partial charge in [-0.25, -0.2) is 4.98 Å². The summed E-state index contributed by atoms with van der Waals surface area (Å²) in [5.74, 6) is -5.48. The molecule has 174 valence electrons. The largest absolute Gasteiger partial charge is 0.455 e. The number of hydrogen-bond acceptors (Lipinski definition) is 4. The number of aryl methyl sites for hydroxylation is 1. The molecule has 0 N–H and O–H groups in total. The Labute approximate surface area is 172 Å². The summed E-state index contributed by atoms with van der Waals surface area (Å²) in [5.41, 5.74) is -3.97. The summed E-state index contributed by atoms with van der Waals surface area (Å²) < 4.78 is 113. The van der Waals surface area contributed by atoms with E-state index in [0.29, 0.717) is 18.1 Å². The predicted octanol–water partition coefficient (Wildman–Crippen LogP) is 3.46. The normalized spacial score (nSPS) is 16.0. The lowest BCUT2D eigenvalue weighted by atomic mass is 10.1. The van der Waals surface area contributed by atoms with Gasteiger partial charge in [-0.2, -0.15) is 40.2 Å². The molecular formula is C17H13F8N5O2. The minimum absolute atomic E-state index is 0.124. The fraction of sp³-hybridized carbons (Fsp3) is 0.471. The number of hydrogen-bond donors (Lipinski definition) is 0. The molecule has 15 heteroatoms. The zero-order valence-corrected chi connectivity index (χ0v) is 16.0. The summed E-state index contributed by atoms with van der Waals surface area (Å²) in [7, 11) is 0. The van der Waals surface area contributed by atoms with Crippen LogP contribution in [-0.2, 0) is 17.5 Å². The Morgan fingerprint density at radius 2 is 1.75 bits per heavy atom. The number of rotatable bonds is 4. The van der Waals surface area contributed by atoms with Gasteiger partial charge < -0.3 is 9.30 Å². The van der Waals surface area contributed by atoms with Crippen LogP contribution in [0.2, 0.25) is 0 Å². The molecule has 1 aliphatic rings. The predicted molar refractivity (Wildman–Crippen MR) is 91.3 cm³/mol. The van der Waals surface area contributed by atoms with Crippen LogP contribution in [0.15, 0.2) is 23.4 Å². The van der Waals surface area contributed by atoms with Crippen molar-refractivity contribution in [1.82, 2.24) is 23.7 Å². The fourth-order valence-electron chi connectivity index (χ4n) is 3.38. The molecule has 0 saturated carbocycles. The van der Waals surface area contributed by atoms with Crippen LogP contribution in [0.5, 0.6) is 0 Å². The molecule has 0 atom stereocenters. The van der Waals surface area contributed by atoms with Gasteiger partial charge in [0.25, 0.3) is 5.56 Å². The monoisotopic (exact) mass is 471 g/mol. The molecule has 3 aromatic heterocycles. The van der Waals surface area contributed by atoms with E-state index in [1.54, 1.807) is 6.92 Å². The highest BCUT2D eigenvalue weighted by atomic mass is 19.4. The summed E-state index contributed by atoms with van der Waals surface area (Å²) in [5, 5.41) is 3.28. The van der Waals surface area contributed by atoms with Crippen molar-refractivity contribution in [3.63, 3.8) is 0 Å². The first-order chi connectivity index (χ1) is 14.7. The first kappa shape index (κ1) is 22.2. The Bertz CT molecular complexity index is 1230. The van der Waals surface area contributed by atoms with Crippen molar-refractivity contribution in [2.75, 3.05) is 13.2 Å². The lowest BCUT2D eigenvalue weighted by Crippen LogP contribution is -2.40. The number of imidazole rings is 1. The SMILES string of the molecule is Cc1cn2c(=O)c(-c3cnn(CC(F)(F)C(F)(F)F)c3)c(C(F)(F)F)nc2n1C1COC1. The molecule has 0 radical (unpaired) electrons. The zero-order chi connectivity index (χ0) is 23.6. The first-order valence-electron chi connectivity index (χ1n) is 8.97. The Kier molecular flexibility index (Phi) is 4.87. The van der Waals surface area contributed by atoms with Gasteiger partial charge in [0.15, 0.2) is 5.69 Å². The number of alkyl halides is 8. The lowest BCUT2D eigenvalue weighted by molar-refractivity contribution is -0.287.